The van der Waals surface area contributed by atoms with Crippen LogP contribution in [0.4, 0.5) is 0 Å². The van der Waals surface area contributed by atoms with Crippen molar-refractivity contribution < 1.29 is 19.5 Å². The van der Waals surface area contributed by atoms with Crippen LogP contribution < -0.4 is 0 Å². The molecule has 2 fully saturated rings. The van der Waals surface area contributed by atoms with E-state index in [2.05, 4.69) is 15.5 Å². The summed E-state index contributed by atoms with van der Waals surface area (Å²) in [4.78, 5) is 39.4. The first-order valence-electron chi connectivity index (χ1n) is 8.24. The number of aliphatic carboxylic acids is 1. The average molecular weight is 413 g/mol. The van der Waals surface area contributed by atoms with Gasteiger partial charge >= 0.3 is 35.5 Å². The molecule has 11 nitrogen and oxygen atoms in total. The van der Waals surface area contributed by atoms with Gasteiger partial charge in [-0.05, 0) is 22.4 Å². The predicted octanol–water partition coefficient (Wildman–Crippen LogP) is -1.65. The first-order chi connectivity index (χ1) is 12.9. The molecule has 4 rings (SSSR count). The molecule has 0 spiro atoms. The average Bonchev–Trinajstić information content (AvgIpc) is 3.20. The minimum atomic E-state index is -1.16. The van der Waals surface area contributed by atoms with Crippen LogP contribution in [0.25, 0.3) is 0 Å². The molecule has 0 aromatic carbocycles. The van der Waals surface area contributed by atoms with Gasteiger partial charge in [0.25, 0.3) is 5.91 Å². The molecule has 0 unspecified atom stereocenters. The van der Waals surface area contributed by atoms with E-state index in [-0.39, 0.29) is 59.5 Å². The number of carboxylic acids is 1. The van der Waals surface area contributed by atoms with Crippen LogP contribution in [-0.2, 0) is 21.4 Å². The fourth-order valence-electron chi connectivity index (χ4n) is 4.09. The third-order valence-electron chi connectivity index (χ3n) is 5.16. The molecule has 3 atom stereocenters. The molecule has 3 aliphatic heterocycles. The van der Waals surface area contributed by atoms with Crippen molar-refractivity contribution in [1.82, 2.24) is 30.0 Å². The number of β-lactam (4-membered cyclic amide) rings is 1. The van der Waals surface area contributed by atoms with Crippen LogP contribution in [0, 0.1) is 17.2 Å². The van der Waals surface area contributed by atoms with Gasteiger partial charge in [-0.2, -0.15) is 5.26 Å². The number of nitriles is 1. The molecule has 13 heteroatoms. The van der Waals surface area contributed by atoms with Gasteiger partial charge in [-0.1, -0.05) is 11.8 Å². The molecule has 0 bridgehead atoms. The number of hydrogen-bond acceptors (Lipinski definition) is 8. The molecule has 1 N–H and O–H groups in total. The number of carboxylic acid groups (broad SMARTS) is 1. The van der Waals surface area contributed by atoms with Crippen LogP contribution in [0.2, 0.25) is 0 Å². The second-order valence-electron chi connectivity index (χ2n) is 6.62. The molecule has 0 saturated carbocycles. The van der Waals surface area contributed by atoms with E-state index in [9.17, 15) is 19.5 Å². The molecule has 2 saturated heterocycles. The number of carbonyl (C=O) groups is 3. The molecule has 2 amide bonds. The molecule has 28 heavy (non-hydrogen) atoms. The SMILES string of the molecule is Cn1nnnc1SCC1=C(C(=O)O)N2C(=O)[C@@H]3[C@H]2[C@H](C1)CN3C(=O)CC#N.[NaH]. The molecule has 1 aromatic heterocycles. The van der Waals surface area contributed by atoms with Gasteiger partial charge in [0.1, 0.15) is 18.2 Å². The molecular weight excluding hydrogens is 397 g/mol. The zero-order valence-corrected chi connectivity index (χ0v) is 15.1. The first kappa shape index (κ1) is 20.8. The van der Waals surface area contributed by atoms with Crippen molar-refractivity contribution in [2.24, 2.45) is 13.0 Å². The minimum absolute atomic E-state index is 0. The quantitative estimate of drug-likeness (QED) is 0.341. The second kappa shape index (κ2) is 7.82. The number of amides is 2. The number of tetrazole rings is 1. The standard InChI is InChI=1S/C15H15N7O4S.Na.H/c1-20-15(17-18-19-20)27-6-8-4-7-5-21(9(23)2-3-16)12-10(7)22(13(12)24)11(8)14(25)26;;/h7,10,12H,2,4-6H2,1H3,(H,25,26);;/t7-,10-,12+;;/m1../s1. The summed E-state index contributed by atoms with van der Waals surface area (Å²) < 4.78 is 1.49. The molecule has 4 heterocycles. The van der Waals surface area contributed by atoms with Crippen LogP contribution in [0.3, 0.4) is 0 Å². The van der Waals surface area contributed by atoms with E-state index in [1.165, 1.54) is 26.2 Å². The van der Waals surface area contributed by atoms with Crippen LogP contribution in [-0.4, -0.2) is 107 Å². The van der Waals surface area contributed by atoms with Crippen molar-refractivity contribution in [3.8, 4) is 6.07 Å². The van der Waals surface area contributed by atoms with Gasteiger partial charge in [0.2, 0.25) is 11.1 Å². The summed E-state index contributed by atoms with van der Waals surface area (Å²) in [5, 5.41) is 30.1. The van der Waals surface area contributed by atoms with E-state index < -0.39 is 17.9 Å². The molecule has 1 aromatic rings. The van der Waals surface area contributed by atoms with E-state index in [0.717, 1.165) is 0 Å². The Labute approximate surface area is 186 Å². The van der Waals surface area contributed by atoms with Crippen LogP contribution in [0.5, 0.6) is 0 Å². The normalized spacial score (nSPS) is 25.0. The Morgan fingerprint density at radius 3 is 2.79 bits per heavy atom. The summed E-state index contributed by atoms with van der Waals surface area (Å²) in [5.41, 5.74) is 0.618. The Hall–Kier alpha value is -1.94. The maximum absolute atomic E-state index is 12.6. The zero-order chi connectivity index (χ0) is 19.3. The topological polar surface area (TPSA) is 145 Å². The Bertz CT molecular complexity index is 926. The number of rotatable bonds is 5. The third-order valence-corrected chi connectivity index (χ3v) is 6.25. The van der Waals surface area contributed by atoms with E-state index in [0.29, 0.717) is 29.4 Å². The third kappa shape index (κ3) is 3.12. The van der Waals surface area contributed by atoms with Crippen molar-refractivity contribution in [1.29, 1.82) is 5.26 Å². The molecule has 142 valence electrons. The van der Waals surface area contributed by atoms with Gasteiger partial charge in [-0.3, -0.25) is 14.5 Å². The number of aromatic nitrogens is 4. The number of thioether (sulfide) groups is 1. The van der Waals surface area contributed by atoms with E-state index in [1.807, 2.05) is 6.07 Å². The Morgan fingerprint density at radius 1 is 1.43 bits per heavy atom. The summed E-state index contributed by atoms with van der Waals surface area (Å²) in [7, 11) is 1.69. The summed E-state index contributed by atoms with van der Waals surface area (Å²) in [5.74, 6) is -1.64. The zero-order valence-electron chi connectivity index (χ0n) is 14.3. The van der Waals surface area contributed by atoms with Crippen LogP contribution in [0.15, 0.2) is 16.4 Å². The Morgan fingerprint density at radius 2 is 2.18 bits per heavy atom. The molecular formula is C15H16N7NaO4S. The number of hydrogen-bond donors (Lipinski definition) is 1. The first-order valence-corrected chi connectivity index (χ1v) is 9.22. The number of nitrogens with zero attached hydrogens (tertiary/aromatic N) is 7. The fraction of sp³-hybridized carbons (Fsp3) is 0.533. The van der Waals surface area contributed by atoms with Gasteiger partial charge in [-0.25, -0.2) is 9.48 Å². The van der Waals surface area contributed by atoms with Crippen molar-refractivity contribution >= 4 is 59.1 Å². The second-order valence-corrected chi connectivity index (χ2v) is 7.56. The van der Waals surface area contributed by atoms with Crippen molar-refractivity contribution in [2.45, 2.75) is 30.1 Å². The molecule has 0 aliphatic carbocycles. The fourth-order valence-corrected chi connectivity index (χ4v) is 4.96. The number of likely N-dealkylation sites (tertiary alicyclic amines) is 1. The van der Waals surface area contributed by atoms with Gasteiger partial charge in [0, 0.05) is 25.3 Å². The summed E-state index contributed by atoms with van der Waals surface area (Å²) in [6.45, 7) is 0.352. The molecule has 3 aliphatic rings. The number of carbonyl (C=O) groups excluding carboxylic acids is 2. The maximum atomic E-state index is 12.6. The van der Waals surface area contributed by atoms with Crippen molar-refractivity contribution in [3.05, 3.63) is 11.3 Å². The van der Waals surface area contributed by atoms with E-state index in [4.69, 9.17) is 5.26 Å². The van der Waals surface area contributed by atoms with Gasteiger partial charge in [0.05, 0.1) is 12.1 Å². The van der Waals surface area contributed by atoms with Crippen molar-refractivity contribution in [3.63, 3.8) is 0 Å². The van der Waals surface area contributed by atoms with E-state index >= 15 is 0 Å². The monoisotopic (exact) mass is 413 g/mol. The Balaban J connectivity index is 0.00000225. The van der Waals surface area contributed by atoms with Gasteiger partial charge < -0.3 is 10.0 Å². The summed E-state index contributed by atoms with van der Waals surface area (Å²) in [6, 6.07) is 0.837. The van der Waals surface area contributed by atoms with Crippen molar-refractivity contribution in [2.75, 3.05) is 12.3 Å². The predicted molar refractivity (Wildman–Crippen MR) is 95.8 cm³/mol. The van der Waals surface area contributed by atoms with Crippen LogP contribution >= 0.6 is 11.8 Å². The Kier molecular flexibility index (Phi) is 5.81. The summed E-state index contributed by atoms with van der Waals surface area (Å²) in [6.07, 6.45) is 0.186. The molecule has 0 radical (unpaired) electrons. The van der Waals surface area contributed by atoms with E-state index in [1.54, 1.807) is 7.05 Å². The summed E-state index contributed by atoms with van der Waals surface area (Å²) >= 11 is 1.30. The van der Waals surface area contributed by atoms with Gasteiger partial charge in [-0.15, -0.1) is 5.10 Å². The van der Waals surface area contributed by atoms with Crippen LogP contribution in [0.1, 0.15) is 12.8 Å². The van der Waals surface area contributed by atoms with Gasteiger partial charge in [0.15, 0.2) is 0 Å². The number of aryl methyl sites for hydroxylation is 1.